The summed E-state index contributed by atoms with van der Waals surface area (Å²) in [4.78, 5) is 8.27. The second-order valence-corrected chi connectivity index (χ2v) is 10.7. The fourth-order valence-corrected chi connectivity index (χ4v) is 2.25. The van der Waals surface area contributed by atoms with Crippen molar-refractivity contribution >= 4 is 14.4 Å². The van der Waals surface area contributed by atoms with E-state index in [-0.39, 0.29) is 5.04 Å². The van der Waals surface area contributed by atoms with Gasteiger partial charge >= 0.3 is 0 Å². The van der Waals surface area contributed by atoms with Crippen LogP contribution in [0, 0.1) is 0 Å². The highest BCUT2D eigenvalue weighted by atomic mass is 28.4. The van der Waals surface area contributed by atoms with E-state index < -0.39 is 8.32 Å². The van der Waals surface area contributed by atoms with E-state index in [0.29, 0.717) is 0 Å². The highest BCUT2D eigenvalue weighted by Crippen LogP contribution is 2.36. The predicted octanol–water partition coefficient (Wildman–Crippen LogP) is 3.90. The zero-order chi connectivity index (χ0) is 13.6. The van der Waals surface area contributed by atoms with Crippen LogP contribution in [0.15, 0.2) is 24.5 Å². The number of aromatic nitrogens is 2. The molecule has 4 heteroatoms. The van der Waals surface area contributed by atoms with Gasteiger partial charge in [0.1, 0.15) is 0 Å². The third kappa shape index (κ3) is 4.70. The molecule has 0 spiro atoms. The first-order valence-electron chi connectivity index (χ1n) is 6.40. The van der Waals surface area contributed by atoms with Crippen LogP contribution >= 0.6 is 0 Å². The molecule has 0 bridgehead atoms. The van der Waals surface area contributed by atoms with Gasteiger partial charge in [-0.3, -0.25) is 0 Å². The molecule has 1 aromatic heterocycles. The summed E-state index contributed by atoms with van der Waals surface area (Å²) in [6.45, 7) is 12.1. The van der Waals surface area contributed by atoms with E-state index in [1.165, 1.54) is 0 Å². The summed E-state index contributed by atoms with van der Waals surface area (Å²) < 4.78 is 6.08. The summed E-state index contributed by atoms with van der Waals surface area (Å²) in [5.74, 6) is 0.754. The summed E-state index contributed by atoms with van der Waals surface area (Å²) in [5.41, 5.74) is 0. The Bertz CT molecular complexity index is 383. The van der Waals surface area contributed by atoms with Crippen molar-refractivity contribution in [3.05, 3.63) is 30.4 Å². The molecule has 0 atom stereocenters. The molecule has 3 nitrogen and oxygen atoms in total. The van der Waals surface area contributed by atoms with Crippen LogP contribution in [0.3, 0.4) is 0 Å². The number of hydrogen-bond donors (Lipinski definition) is 0. The van der Waals surface area contributed by atoms with Crippen molar-refractivity contribution in [1.29, 1.82) is 0 Å². The molecule has 0 saturated heterocycles. The molecule has 0 N–H and O–H groups in total. The normalized spacial score (nSPS) is 13.2. The Balaban J connectivity index is 2.34. The second-order valence-electron chi connectivity index (χ2n) is 5.91. The number of rotatable bonds is 5. The Kier molecular flexibility index (Phi) is 5.23. The van der Waals surface area contributed by atoms with Gasteiger partial charge in [0, 0.05) is 19.0 Å². The zero-order valence-corrected chi connectivity index (χ0v) is 13.1. The molecule has 0 amide bonds. The third-order valence-corrected chi connectivity index (χ3v) is 7.94. The molecule has 0 unspecified atom stereocenters. The van der Waals surface area contributed by atoms with Crippen molar-refractivity contribution in [2.24, 2.45) is 0 Å². The van der Waals surface area contributed by atoms with Crippen LogP contribution in [0.2, 0.25) is 18.1 Å². The van der Waals surface area contributed by atoms with E-state index in [1.54, 1.807) is 12.4 Å². The van der Waals surface area contributed by atoms with Gasteiger partial charge in [0.05, 0.1) is 0 Å². The van der Waals surface area contributed by atoms with Crippen LogP contribution in [0.1, 0.15) is 33.0 Å². The SMILES string of the molecule is CC(C)(C)[Si](C)(C)OCC/C=C/c1ncccn1. The molecule has 1 heterocycles. The van der Waals surface area contributed by atoms with Gasteiger partial charge in [0.25, 0.3) is 0 Å². The van der Waals surface area contributed by atoms with Crippen LogP contribution in [0.25, 0.3) is 6.08 Å². The van der Waals surface area contributed by atoms with Crippen LogP contribution in [0.4, 0.5) is 0 Å². The van der Waals surface area contributed by atoms with Gasteiger partial charge in [0.15, 0.2) is 14.1 Å². The molecule has 0 fully saturated rings. The fourth-order valence-electron chi connectivity index (χ4n) is 1.18. The molecule has 100 valence electrons. The van der Waals surface area contributed by atoms with Crippen molar-refractivity contribution in [3.8, 4) is 0 Å². The van der Waals surface area contributed by atoms with Gasteiger partial charge in [-0.15, -0.1) is 0 Å². The minimum atomic E-state index is -1.60. The quantitative estimate of drug-likeness (QED) is 0.597. The van der Waals surface area contributed by atoms with Crippen molar-refractivity contribution < 1.29 is 4.43 Å². The van der Waals surface area contributed by atoms with E-state index >= 15 is 0 Å². The monoisotopic (exact) mass is 264 g/mol. The molecular formula is C14H24N2OSi. The summed E-state index contributed by atoms with van der Waals surface area (Å²) in [6.07, 6.45) is 8.42. The number of nitrogens with zero attached hydrogens (tertiary/aromatic N) is 2. The van der Waals surface area contributed by atoms with Crippen LogP contribution < -0.4 is 0 Å². The van der Waals surface area contributed by atoms with Gasteiger partial charge in [-0.2, -0.15) is 0 Å². The third-order valence-electron chi connectivity index (χ3n) is 3.41. The molecule has 0 aliphatic heterocycles. The maximum absolute atomic E-state index is 6.08. The lowest BCUT2D eigenvalue weighted by atomic mass is 10.2. The molecule has 0 saturated carbocycles. The molecule has 1 rings (SSSR count). The van der Waals surface area contributed by atoms with Crippen molar-refractivity contribution in [3.63, 3.8) is 0 Å². The van der Waals surface area contributed by atoms with E-state index in [1.807, 2.05) is 12.1 Å². The fraction of sp³-hybridized carbons (Fsp3) is 0.571. The molecule has 1 aromatic rings. The van der Waals surface area contributed by atoms with Gasteiger partial charge in [-0.05, 0) is 36.7 Å². The first-order valence-corrected chi connectivity index (χ1v) is 9.31. The summed E-state index contributed by atoms with van der Waals surface area (Å²) in [5, 5.41) is 0.277. The molecule has 0 aliphatic carbocycles. The van der Waals surface area contributed by atoms with E-state index in [4.69, 9.17) is 4.43 Å². The lowest BCUT2D eigenvalue weighted by molar-refractivity contribution is 0.294. The Morgan fingerprint density at radius 2 is 1.83 bits per heavy atom. The summed E-state index contributed by atoms with van der Waals surface area (Å²) in [6, 6.07) is 1.82. The van der Waals surface area contributed by atoms with E-state index in [2.05, 4.69) is 49.9 Å². The average molecular weight is 264 g/mol. The predicted molar refractivity (Wildman–Crippen MR) is 78.8 cm³/mol. The highest BCUT2D eigenvalue weighted by molar-refractivity contribution is 6.74. The van der Waals surface area contributed by atoms with Crippen molar-refractivity contribution in [1.82, 2.24) is 9.97 Å². The maximum atomic E-state index is 6.08. The maximum Gasteiger partial charge on any atom is 0.191 e. The molecular weight excluding hydrogens is 240 g/mol. The zero-order valence-electron chi connectivity index (χ0n) is 12.1. The van der Waals surface area contributed by atoms with Gasteiger partial charge < -0.3 is 4.43 Å². The summed E-state index contributed by atoms with van der Waals surface area (Å²) in [7, 11) is -1.60. The lowest BCUT2D eigenvalue weighted by Crippen LogP contribution is -2.40. The first-order chi connectivity index (χ1) is 8.33. The minimum absolute atomic E-state index is 0.277. The smallest absolute Gasteiger partial charge is 0.191 e. The first kappa shape index (κ1) is 15.1. The Morgan fingerprint density at radius 1 is 1.22 bits per heavy atom. The molecule has 0 aromatic carbocycles. The standard InChI is InChI=1S/C14H24N2OSi/c1-14(2,3)18(4,5)17-12-7-6-9-13-15-10-8-11-16-13/h6,8-11H,7,12H2,1-5H3/b9-6+. The topological polar surface area (TPSA) is 35.0 Å². The Labute approximate surface area is 111 Å². The van der Waals surface area contributed by atoms with Crippen LogP contribution in [0.5, 0.6) is 0 Å². The van der Waals surface area contributed by atoms with Crippen molar-refractivity contribution in [2.45, 2.75) is 45.3 Å². The lowest BCUT2D eigenvalue weighted by Gasteiger charge is -2.36. The van der Waals surface area contributed by atoms with Gasteiger partial charge in [-0.25, -0.2) is 9.97 Å². The molecule has 18 heavy (non-hydrogen) atoms. The van der Waals surface area contributed by atoms with Crippen LogP contribution in [-0.4, -0.2) is 24.9 Å². The molecule has 0 radical (unpaired) electrons. The minimum Gasteiger partial charge on any atom is -0.417 e. The Morgan fingerprint density at radius 3 is 2.39 bits per heavy atom. The van der Waals surface area contributed by atoms with Gasteiger partial charge in [0.2, 0.25) is 0 Å². The average Bonchev–Trinajstić information content (AvgIpc) is 2.28. The highest BCUT2D eigenvalue weighted by Gasteiger charge is 2.36. The largest absolute Gasteiger partial charge is 0.417 e. The van der Waals surface area contributed by atoms with Gasteiger partial charge in [-0.1, -0.05) is 26.8 Å². The Hall–Kier alpha value is -1.00. The summed E-state index contributed by atoms with van der Waals surface area (Å²) >= 11 is 0. The number of hydrogen-bond acceptors (Lipinski definition) is 3. The van der Waals surface area contributed by atoms with E-state index in [0.717, 1.165) is 18.9 Å². The van der Waals surface area contributed by atoms with Crippen LogP contribution in [-0.2, 0) is 4.43 Å². The van der Waals surface area contributed by atoms with E-state index in [9.17, 15) is 0 Å². The second kappa shape index (κ2) is 6.25. The molecule has 0 aliphatic rings. The van der Waals surface area contributed by atoms with Crippen molar-refractivity contribution in [2.75, 3.05) is 6.61 Å².